The normalized spacial score (nSPS) is 10.0. The Morgan fingerprint density at radius 1 is 1.23 bits per heavy atom. The van der Waals surface area contributed by atoms with E-state index in [9.17, 15) is 4.79 Å². The van der Waals surface area contributed by atoms with E-state index in [1.54, 1.807) is 31.6 Å². The van der Waals surface area contributed by atoms with Gasteiger partial charge in [-0.15, -0.1) is 12.4 Å². The molecule has 118 valence electrons. The van der Waals surface area contributed by atoms with Crippen LogP contribution in [0.1, 0.15) is 41.3 Å². The maximum Gasteiger partial charge on any atom is 0.251 e. The number of hydrogen-bond donors (Lipinski definition) is 1. The number of halogens is 1. The molecule has 0 atom stereocenters. The molecule has 4 nitrogen and oxygen atoms in total. The molecular weight excluding hydrogens is 300 g/mol. The second-order valence-electron chi connectivity index (χ2n) is 5.14. The van der Waals surface area contributed by atoms with Gasteiger partial charge >= 0.3 is 0 Å². The molecule has 0 radical (unpaired) electrons. The minimum atomic E-state index is -0.116. The van der Waals surface area contributed by atoms with Gasteiger partial charge in [-0.3, -0.25) is 9.78 Å². The van der Waals surface area contributed by atoms with Crippen molar-refractivity contribution < 1.29 is 9.53 Å². The average molecular weight is 321 g/mol. The molecule has 2 aromatic rings. The second-order valence-corrected chi connectivity index (χ2v) is 5.14. The van der Waals surface area contributed by atoms with Crippen molar-refractivity contribution in [2.45, 2.75) is 26.3 Å². The smallest absolute Gasteiger partial charge is 0.251 e. The first-order valence-electron chi connectivity index (χ1n) is 6.97. The molecule has 1 amide bonds. The van der Waals surface area contributed by atoms with Gasteiger partial charge in [0.2, 0.25) is 0 Å². The highest BCUT2D eigenvalue weighted by Gasteiger charge is 2.09. The van der Waals surface area contributed by atoms with E-state index < -0.39 is 0 Å². The van der Waals surface area contributed by atoms with Crippen molar-refractivity contribution in [2.24, 2.45) is 0 Å². The third-order valence-corrected chi connectivity index (χ3v) is 3.35. The maximum atomic E-state index is 12.1. The predicted octanol–water partition coefficient (Wildman–Crippen LogP) is 3.57. The number of carbonyl (C=O) groups excluding carboxylic acids is 1. The zero-order valence-corrected chi connectivity index (χ0v) is 13.8. The molecule has 0 unspecified atom stereocenters. The molecule has 2 rings (SSSR count). The Labute approximate surface area is 137 Å². The lowest BCUT2D eigenvalue weighted by molar-refractivity contribution is 0.0950. The summed E-state index contributed by atoms with van der Waals surface area (Å²) in [4.78, 5) is 16.0. The second kappa shape index (κ2) is 8.39. The molecule has 0 spiro atoms. The topological polar surface area (TPSA) is 51.2 Å². The summed E-state index contributed by atoms with van der Waals surface area (Å²) in [5.41, 5.74) is 2.80. The Balaban J connectivity index is 0.00000242. The van der Waals surface area contributed by atoms with E-state index in [2.05, 4.69) is 36.3 Å². The molecule has 0 saturated carbocycles. The van der Waals surface area contributed by atoms with Crippen LogP contribution in [0.3, 0.4) is 0 Å². The van der Waals surface area contributed by atoms with Crippen LogP contribution in [0.5, 0.6) is 5.75 Å². The summed E-state index contributed by atoms with van der Waals surface area (Å²) in [5, 5.41) is 2.91. The summed E-state index contributed by atoms with van der Waals surface area (Å²) in [6.07, 6.45) is 3.21. The number of nitrogens with one attached hydrogen (secondary N) is 1. The number of amides is 1. The molecule has 0 aliphatic heterocycles. The van der Waals surface area contributed by atoms with Gasteiger partial charge in [-0.2, -0.15) is 0 Å². The summed E-state index contributed by atoms with van der Waals surface area (Å²) < 4.78 is 5.36. The van der Waals surface area contributed by atoms with Crippen molar-refractivity contribution in [1.29, 1.82) is 0 Å². The Bertz CT molecular complexity index is 615. The fourth-order valence-corrected chi connectivity index (χ4v) is 2.08. The third kappa shape index (κ3) is 4.46. The first-order chi connectivity index (χ1) is 10.1. The molecule has 22 heavy (non-hydrogen) atoms. The van der Waals surface area contributed by atoms with E-state index in [1.165, 1.54) is 5.56 Å². The monoisotopic (exact) mass is 320 g/mol. The lowest BCUT2D eigenvalue weighted by Gasteiger charge is -2.13. The van der Waals surface area contributed by atoms with Gasteiger partial charge in [-0.1, -0.05) is 26.0 Å². The van der Waals surface area contributed by atoms with Crippen molar-refractivity contribution in [1.82, 2.24) is 10.3 Å². The molecule has 0 saturated heterocycles. The number of pyridine rings is 1. The summed E-state index contributed by atoms with van der Waals surface area (Å²) in [6, 6.07) is 9.46. The van der Waals surface area contributed by atoms with E-state index >= 15 is 0 Å². The highest BCUT2D eigenvalue weighted by atomic mass is 35.5. The molecule has 1 aromatic heterocycles. The van der Waals surface area contributed by atoms with Gasteiger partial charge in [0.05, 0.1) is 7.11 Å². The van der Waals surface area contributed by atoms with Gasteiger partial charge < -0.3 is 10.1 Å². The van der Waals surface area contributed by atoms with Crippen molar-refractivity contribution in [3.05, 3.63) is 59.4 Å². The molecule has 5 heteroatoms. The van der Waals surface area contributed by atoms with E-state index in [4.69, 9.17) is 4.74 Å². The van der Waals surface area contributed by atoms with E-state index in [0.717, 1.165) is 11.3 Å². The number of benzene rings is 1. The molecule has 0 bridgehead atoms. The molecule has 1 heterocycles. The van der Waals surface area contributed by atoms with Crippen molar-refractivity contribution in [3.63, 3.8) is 0 Å². The van der Waals surface area contributed by atoms with Gasteiger partial charge in [0.25, 0.3) is 5.91 Å². The number of hydrogen-bond acceptors (Lipinski definition) is 3. The fraction of sp³-hybridized carbons (Fsp3) is 0.294. The Hall–Kier alpha value is -2.07. The van der Waals surface area contributed by atoms with Crippen molar-refractivity contribution in [3.8, 4) is 5.75 Å². The van der Waals surface area contributed by atoms with Crippen LogP contribution in [-0.2, 0) is 6.54 Å². The Morgan fingerprint density at radius 2 is 1.91 bits per heavy atom. The molecule has 0 fully saturated rings. The third-order valence-electron chi connectivity index (χ3n) is 3.35. The number of nitrogens with zero attached hydrogens (tertiary/aromatic N) is 1. The summed E-state index contributed by atoms with van der Waals surface area (Å²) >= 11 is 0. The van der Waals surface area contributed by atoms with Gasteiger partial charge in [0.15, 0.2) is 0 Å². The first-order valence-corrected chi connectivity index (χ1v) is 6.97. The quantitative estimate of drug-likeness (QED) is 0.916. The standard InChI is InChI=1S/C17H20N2O2.ClH/c1-12(2)14-4-5-16(21-3)15(10-14)11-19-17(20)13-6-8-18-9-7-13;/h4-10,12H,11H2,1-3H3,(H,19,20);1H. The first kappa shape index (κ1) is 18.0. The van der Waals surface area contributed by atoms with Crippen LogP contribution in [0, 0.1) is 0 Å². The lowest BCUT2D eigenvalue weighted by atomic mass is 10.00. The minimum Gasteiger partial charge on any atom is -0.496 e. The fourth-order valence-electron chi connectivity index (χ4n) is 2.08. The number of aromatic nitrogens is 1. The summed E-state index contributed by atoms with van der Waals surface area (Å²) in [6.45, 7) is 4.72. The zero-order chi connectivity index (χ0) is 15.2. The summed E-state index contributed by atoms with van der Waals surface area (Å²) in [7, 11) is 1.64. The SMILES string of the molecule is COc1ccc(C(C)C)cc1CNC(=O)c1ccncc1.Cl. The molecule has 0 aliphatic carbocycles. The predicted molar refractivity (Wildman–Crippen MR) is 89.7 cm³/mol. The number of rotatable bonds is 5. The number of carbonyl (C=O) groups is 1. The van der Waals surface area contributed by atoms with E-state index in [0.29, 0.717) is 18.0 Å². The van der Waals surface area contributed by atoms with E-state index in [-0.39, 0.29) is 18.3 Å². The van der Waals surface area contributed by atoms with Gasteiger partial charge in [0, 0.05) is 30.1 Å². The van der Waals surface area contributed by atoms with Crippen LogP contribution in [0.4, 0.5) is 0 Å². The number of ether oxygens (including phenoxy) is 1. The largest absolute Gasteiger partial charge is 0.496 e. The highest BCUT2D eigenvalue weighted by molar-refractivity contribution is 5.93. The Kier molecular flexibility index (Phi) is 6.86. The Morgan fingerprint density at radius 3 is 2.50 bits per heavy atom. The molecular formula is C17H21ClN2O2. The highest BCUT2D eigenvalue weighted by Crippen LogP contribution is 2.24. The van der Waals surface area contributed by atoms with Crippen LogP contribution in [0.2, 0.25) is 0 Å². The van der Waals surface area contributed by atoms with Crippen LogP contribution in [-0.4, -0.2) is 18.0 Å². The van der Waals surface area contributed by atoms with Crippen LogP contribution < -0.4 is 10.1 Å². The average Bonchev–Trinajstić information content (AvgIpc) is 2.53. The van der Waals surface area contributed by atoms with Crippen LogP contribution >= 0.6 is 12.4 Å². The number of methoxy groups -OCH3 is 1. The maximum absolute atomic E-state index is 12.1. The molecule has 1 N–H and O–H groups in total. The molecule has 0 aliphatic rings. The van der Waals surface area contributed by atoms with Gasteiger partial charge in [-0.25, -0.2) is 0 Å². The minimum absolute atomic E-state index is 0. The lowest BCUT2D eigenvalue weighted by Crippen LogP contribution is -2.23. The summed E-state index contributed by atoms with van der Waals surface area (Å²) in [5.74, 6) is 1.11. The van der Waals surface area contributed by atoms with Gasteiger partial charge in [0.1, 0.15) is 5.75 Å². The van der Waals surface area contributed by atoms with Gasteiger partial charge in [-0.05, 0) is 29.7 Å². The van der Waals surface area contributed by atoms with E-state index in [1.807, 2.05) is 6.07 Å². The van der Waals surface area contributed by atoms with Crippen LogP contribution in [0.25, 0.3) is 0 Å². The van der Waals surface area contributed by atoms with Crippen LogP contribution in [0.15, 0.2) is 42.7 Å². The van der Waals surface area contributed by atoms with Crippen molar-refractivity contribution in [2.75, 3.05) is 7.11 Å². The van der Waals surface area contributed by atoms with Crippen molar-refractivity contribution >= 4 is 18.3 Å². The zero-order valence-electron chi connectivity index (χ0n) is 13.0. The molecule has 1 aromatic carbocycles.